The van der Waals surface area contributed by atoms with Gasteiger partial charge in [-0.25, -0.2) is 13.4 Å². The molecule has 21 heteroatoms. The highest BCUT2D eigenvalue weighted by Crippen LogP contribution is 2.37. The van der Waals surface area contributed by atoms with Crippen LogP contribution in [0.25, 0.3) is 0 Å². The van der Waals surface area contributed by atoms with Crippen LogP contribution in [0, 0.1) is 0 Å². The predicted octanol–water partition coefficient (Wildman–Crippen LogP) is -0.525. The largest absolute Gasteiger partial charge is 0.463 e. The van der Waals surface area contributed by atoms with Crippen LogP contribution < -0.4 is 0 Å². The number of aromatic nitrogens is 1. The summed E-state index contributed by atoms with van der Waals surface area (Å²) in [5.74, 6) is -6.56. The molecule has 0 spiro atoms. The summed E-state index contributed by atoms with van der Waals surface area (Å²) in [5.41, 5.74) is -2.15. The van der Waals surface area contributed by atoms with Crippen molar-refractivity contribution < 1.29 is 89.3 Å². The molecule has 2 aliphatic heterocycles. The van der Waals surface area contributed by atoms with Crippen LogP contribution in [0.4, 0.5) is 0 Å². The lowest BCUT2D eigenvalue weighted by atomic mass is 9.96. The van der Waals surface area contributed by atoms with Gasteiger partial charge in [-0.3, -0.25) is 33.6 Å². The molecule has 3 heterocycles. The summed E-state index contributed by atoms with van der Waals surface area (Å²) >= 11 is 0. The van der Waals surface area contributed by atoms with E-state index in [1.165, 1.54) is 18.3 Å². The Labute approximate surface area is 297 Å². The summed E-state index contributed by atoms with van der Waals surface area (Å²) in [6, 6.07) is 3.93. The van der Waals surface area contributed by atoms with Crippen molar-refractivity contribution in [1.29, 1.82) is 0 Å². The molecular formula is C31H39NO19S. The minimum absolute atomic E-state index is 0.524. The molecule has 2 saturated heterocycles. The van der Waals surface area contributed by atoms with Crippen LogP contribution in [0.5, 0.6) is 0 Å². The van der Waals surface area contributed by atoms with Crippen LogP contribution in [0.1, 0.15) is 48.5 Å². The average molecular weight is 762 g/mol. The molecule has 0 amide bonds. The van der Waals surface area contributed by atoms with Crippen molar-refractivity contribution >= 4 is 51.6 Å². The second-order valence-electron chi connectivity index (χ2n) is 11.4. The van der Waals surface area contributed by atoms with E-state index >= 15 is 0 Å². The van der Waals surface area contributed by atoms with Crippen LogP contribution in [0.2, 0.25) is 0 Å². The van der Waals surface area contributed by atoms with E-state index < -0.39 is 130 Å². The van der Waals surface area contributed by atoms with Gasteiger partial charge in [0.15, 0.2) is 41.8 Å². The fraction of sp³-hybridized carbons (Fsp3) is 0.613. The molecule has 3 rings (SSSR count). The van der Waals surface area contributed by atoms with Gasteiger partial charge >= 0.3 is 41.8 Å². The van der Waals surface area contributed by atoms with E-state index in [1.807, 2.05) is 0 Å². The molecule has 1 aromatic heterocycles. The van der Waals surface area contributed by atoms with Gasteiger partial charge in [0, 0.05) is 54.7 Å². The lowest BCUT2D eigenvalue weighted by Crippen LogP contribution is -2.67. The van der Waals surface area contributed by atoms with E-state index in [0.717, 1.165) is 54.5 Å². The van der Waals surface area contributed by atoms with Gasteiger partial charge in [-0.2, -0.15) is 0 Å². The molecule has 20 nitrogen and oxygen atoms in total. The molecule has 10 atom stereocenters. The van der Waals surface area contributed by atoms with E-state index in [4.69, 9.17) is 47.4 Å². The van der Waals surface area contributed by atoms with Gasteiger partial charge in [0.2, 0.25) is 15.3 Å². The molecule has 0 radical (unpaired) electrons. The van der Waals surface area contributed by atoms with Crippen LogP contribution in [-0.2, 0) is 90.8 Å². The Morgan fingerprint density at radius 2 is 1.02 bits per heavy atom. The fourth-order valence-corrected chi connectivity index (χ4v) is 6.92. The topological polar surface area (TPSA) is 259 Å². The first-order chi connectivity index (χ1) is 24.3. The normalized spacial score (nSPS) is 28.7. The minimum Gasteiger partial charge on any atom is -0.463 e. The van der Waals surface area contributed by atoms with Gasteiger partial charge in [-0.05, 0) is 12.1 Å². The highest BCUT2D eigenvalue weighted by Gasteiger charge is 2.59. The Bertz CT molecular complexity index is 1600. The number of esters is 7. The third kappa shape index (κ3) is 11.1. The zero-order valence-electron chi connectivity index (χ0n) is 29.1. The molecule has 2 aliphatic rings. The number of hydrogen-bond donors (Lipinski definition) is 0. The van der Waals surface area contributed by atoms with Crippen LogP contribution in [-0.4, -0.2) is 129 Å². The first-order valence-electron chi connectivity index (χ1n) is 15.6. The molecule has 1 aromatic rings. The first kappa shape index (κ1) is 41.7. The molecule has 2 fully saturated rings. The third-order valence-electron chi connectivity index (χ3n) is 7.12. The summed E-state index contributed by atoms with van der Waals surface area (Å²) in [4.78, 5) is 89.4. The second-order valence-corrected chi connectivity index (χ2v) is 13.3. The molecular weight excluding hydrogens is 722 g/mol. The van der Waals surface area contributed by atoms with Crippen LogP contribution >= 0.6 is 0 Å². The lowest BCUT2D eigenvalue weighted by Gasteiger charge is -2.48. The van der Waals surface area contributed by atoms with Gasteiger partial charge in [0.25, 0.3) is 0 Å². The molecule has 0 aliphatic carbocycles. The fourth-order valence-electron chi connectivity index (χ4n) is 5.36. The van der Waals surface area contributed by atoms with E-state index in [-0.39, 0.29) is 0 Å². The number of sulfone groups is 1. The molecule has 0 N–H and O–H groups in total. The number of pyridine rings is 1. The summed E-state index contributed by atoms with van der Waals surface area (Å²) in [5, 5.41) is -0.524. The third-order valence-corrected chi connectivity index (χ3v) is 8.94. The highest BCUT2D eigenvalue weighted by atomic mass is 32.2. The zero-order valence-corrected chi connectivity index (χ0v) is 29.9. The SMILES string of the molecule is CC(=O)OC[C@H]1O[C@@H](O[C@H]2[C@H](OC(C)=O)[C@@H](OC(C)=O)C(S(=O)(=O)c3ccccn3)O[C@@H]2COC(C)=O)[C@H](OC(C)=O)[C@@H](OC(C)=O)[C@H]1OC(C)=O. The van der Waals surface area contributed by atoms with E-state index in [2.05, 4.69) is 4.98 Å². The van der Waals surface area contributed by atoms with Crippen molar-refractivity contribution in [2.75, 3.05) is 13.2 Å². The number of nitrogens with zero attached hydrogens (tertiary/aromatic N) is 1. The smallest absolute Gasteiger partial charge is 0.303 e. The monoisotopic (exact) mass is 761 g/mol. The molecule has 0 saturated carbocycles. The number of ether oxygens (including phenoxy) is 10. The number of hydrogen-bond acceptors (Lipinski definition) is 20. The standard InChI is InChI=1S/C31H39NO19S/c1-14(33)42-12-21-24(44-16(3)35)26(45-17(4)36)28(47-19(6)38)30(49-21)51-25-22(13-43-15(2)34)50-31(52(40,41)23-10-8-9-11-32-23)29(48-20(7)39)27(25)46-18(5)37/h8-11,21-22,24-31H,12-13H2,1-7H3/t21-,22-,24+,25-,26+,27+,28-,29-,30+,31?/m1/s1. The predicted molar refractivity (Wildman–Crippen MR) is 165 cm³/mol. The highest BCUT2D eigenvalue weighted by molar-refractivity contribution is 7.91. The summed E-state index contributed by atoms with van der Waals surface area (Å²) in [7, 11) is -4.70. The molecule has 0 aromatic carbocycles. The molecule has 0 bridgehead atoms. The van der Waals surface area contributed by atoms with Gasteiger partial charge in [0.05, 0.1) is 0 Å². The summed E-state index contributed by atoms with van der Waals surface area (Å²) in [6.45, 7) is 5.59. The number of carbonyl (C=O) groups excluding carboxylic acids is 7. The van der Waals surface area contributed by atoms with Crippen molar-refractivity contribution in [2.24, 2.45) is 0 Å². The second kappa shape index (κ2) is 18.2. The van der Waals surface area contributed by atoms with Crippen molar-refractivity contribution in [3.8, 4) is 0 Å². The maximum atomic E-state index is 13.9. The van der Waals surface area contributed by atoms with Crippen LogP contribution in [0.15, 0.2) is 29.4 Å². The average Bonchev–Trinajstić information content (AvgIpc) is 3.03. The minimum atomic E-state index is -4.70. The maximum absolute atomic E-state index is 13.9. The quantitative estimate of drug-likeness (QED) is 0.181. The summed E-state index contributed by atoms with van der Waals surface area (Å²) < 4.78 is 83.3. The Hall–Kier alpha value is -4.73. The van der Waals surface area contributed by atoms with Crippen molar-refractivity contribution in [1.82, 2.24) is 4.98 Å². The number of rotatable bonds is 13. The maximum Gasteiger partial charge on any atom is 0.303 e. The Morgan fingerprint density at radius 3 is 1.48 bits per heavy atom. The summed E-state index contributed by atoms with van der Waals surface area (Å²) in [6.07, 6.45) is -14.7. The van der Waals surface area contributed by atoms with Gasteiger partial charge in [-0.15, -0.1) is 0 Å². The zero-order chi connectivity index (χ0) is 38.9. The van der Waals surface area contributed by atoms with Crippen molar-refractivity contribution in [3.63, 3.8) is 0 Å². The lowest BCUT2D eigenvalue weighted by molar-refractivity contribution is -0.341. The molecule has 1 unspecified atom stereocenters. The first-order valence-corrected chi connectivity index (χ1v) is 17.1. The Balaban J connectivity index is 2.24. The molecule has 288 valence electrons. The Morgan fingerprint density at radius 1 is 0.577 bits per heavy atom. The van der Waals surface area contributed by atoms with Gasteiger partial charge in [-0.1, -0.05) is 6.07 Å². The van der Waals surface area contributed by atoms with E-state index in [9.17, 15) is 42.0 Å². The van der Waals surface area contributed by atoms with E-state index in [1.54, 1.807) is 0 Å². The van der Waals surface area contributed by atoms with E-state index in [0.29, 0.717) is 0 Å². The van der Waals surface area contributed by atoms with Gasteiger partial charge in [0.1, 0.15) is 31.5 Å². The molecule has 52 heavy (non-hydrogen) atoms. The number of carbonyl (C=O) groups is 7. The van der Waals surface area contributed by atoms with Crippen LogP contribution in [0.3, 0.4) is 0 Å². The Kier molecular flexibility index (Phi) is 14.6. The van der Waals surface area contributed by atoms with Crippen molar-refractivity contribution in [3.05, 3.63) is 24.4 Å². The van der Waals surface area contributed by atoms with Gasteiger partial charge < -0.3 is 47.4 Å². The van der Waals surface area contributed by atoms with Crippen molar-refractivity contribution in [2.45, 2.75) is 114 Å².